The molecule has 1 saturated carbocycles. The summed E-state index contributed by atoms with van der Waals surface area (Å²) in [6.45, 7) is 2.29. The predicted molar refractivity (Wildman–Crippen MR) is 82.4 cm³/mol. The SMILES string of the molecule is CC1CCCC(C(O)Cc2ccnc(N)c2)(N(C)C)C1. The highest BCUT2D eigenvalue weighted by molar-refractivity contribution is 5.32. The second-order valence-electron chi connectivity index (χ2n) is 6.51. The standard InChI is InChI=1S/C16H27N3O/c1-12-5-4-7-16(11-12,19(2)3)14(20)9-13-6-8-18-15(17)10-13/h6,8,10,12,14,20H,4-5,7,9,11H2,1-3H3,(H2,17,18). The van der Waals surface area contributed by atoms with E-state index in [1.54, 1.807) is 6.20 Å². The number of nitrogens with zero attached hydrogens (tertiary/aromatic N) is 2. The molecule has 20 heavy (non-hydrogen) atoms. The normalized spacial score (nSPS) is 28.6. The molecule has 1 fully saturated rings. The summed E-state index contributed by atoms with van der Waals surface area (Å²) in [7, 11) is 4.17. The van der Waals surface area contributed by atoms with Crippen molar-refractivity contribution in [2.45, 2.75) is 50.7 Å². The van der Waals surface area contributed by atoms with Crippen molar-refractivity contribution in [1.82, 2.24) is 9.88 Å². The van der Waals surface area contributed by atoms with Crippen molar-refractivity contribution in [2.75, 3.05) is 19.8 Å². The minimum atomic E-state index is -0.373. The molecular formula is C16H27N3O. The van der Waals surface area contributed by atoms with Crippen LogP contribution in [0.25, 0.3) is 0 Å². The Hall–Kier alpha value is -1.13. The van der Waals surface area contributed by atoms with E-state index < -0.39 is 0 Å². The van der Waals surface area contributed by atoms with Crippen molar-refractivity contribution in [3.63, 3.8) is 0 Å². The van der Waals surface area contributed by atoms with Crippen LogP contribution in [0.4, 0.5) is 5.82 Å². The van der Waals surface area contributed by atoms with Crippen LogP contribution in [-0.2, 0) is 6.42 Å². The topological polar surface area (TPSA) is 62.4 Å². The van der Waals surface area contributed by atoms with Gasteiger partial charge in [0.25, 0.3) is 0 Å². The van der Waals surface area contributed by atoms with Crippen LogP contribution in [-0.4, -0.2) is 40.7 Å². The van der Waals surface area contributed by atoms with Crippen LogP contribution >= 0.6 is 0 Å². The first-order valence-corrected chi connectivity index (χ1v) is 7.50. The van der Waals surface area contributed by atoms with E-state index in [0.29, 0.717) is 18.2 Å². The molecule has 0 spiro atoms. The molecule has 0 amide bonds. The second kappa shape index (κ2) is 6.10. The number of rotatable bonds is 4. The second-order valence-corrected chi connectivity index (χ2v) is 6.51. The largest absolute Gasteiger partial charge is 0.391 e. The molecule has 4 heteroatoms. The van der Waals surface area contributed by atoms with Crippen LogP contribution < -0.4 is 5.73 Å². The van der Waals surface area contributed by atoms with Crippen LogP contribution in [0.15, 0.2) is 18.3 Å². The first-order chi connectivity index (χ1) is 9.44. The van der Waals surface area contributed by atoms with Gasteiger partial charge >= 0.3 is 0 Å². The molecule has 1 aromatic rings. The number of aliphatic hydroxyl groups excluding tert-OH is 1. The number of pyridine rings is 1. The van der Waals surface area contributed by atoms with Gasteiger partial charge in [-0.05, 0) is 50.6 Å². The third kappa shape index (κ3) is 3.13. The zero-order chi connectivity index (χ0) is 14.8. The predicted octanol–water partition coefficient (Wildman–Crippen LogP) is 2.08. The van der Waals surface area contributed by atoms with Crippen LogP contribution in [0.3, 0.4) is 0 Å². The lowest BCUT2D eigenvalue weighted by Crippen LogP contribution is -2.56. The average molecular weight is 277 g/mol. The highest BCUT2D eigenvalue weighted by Gasteiger charge is 2.42. The quantitative estimate of drug-likeness (QED) is 0.884. The molecule has 1 aromatic heterocycles. The van der Waals surface area contributed by atoms with Gasteiger partial charge in [0.1, 0.15) is 5.82 Å². The Labute approximate surface area is 122 Å². The molecular weight excluding hydrogens is 250 g/mol. The lowest BCUT2D eigenvalue weighted by atomic mass is 9.71. The number of nitrogen functional groups attached to an aromatic ring is 1. The number of likely N-dealkylation sites (N-methyl/N-ethyl adjacent to an activating group) is 1. The number of hydrogen-bond acceptors (Lipinski definition) is 4. The third-order valence-corrected chi connectivity index (χ3v) is 4.79. The van der Waals surface area contributed by atoms with Crippen LogP contribution in [0.2, 0.25) is 0 Å². The fourth-order valence-electron chi connectivity index (χ4n) is 3.61. The van der Waals surface area contributed by atoms with E-state index in [4.69, 9.17) is 5.73 Å². The average Bonchev–Trinajstić information content (AvgIpc) is 2.38. The maximum atomic E-state index is 10.9. The summed E-state index contributed by atoms with van der Waals surface area (Å²) in [6, 6.07) is 3.80. The summed E-state index contributed by atoms with van der Waals surface area (Å²) in [5.41, 5.74) is 6.67. The third-order valence-electron chi connectivity index (χ3n) is 4.79. The number of aliphatic hydroxyl groups is 1. The maximum Gasteiger partial charge on any atom is 0.123 e. The molecule has 0 radical (unpaired) electrons. The van der Waals surface area contributed by atoms with Gasteiger partial charge < -0.3 is 15.7 Å². The van der Waals surface area contributed by atoms with E-state index in [1.807, 2.05) is 12.1 Å². The van der Waals surface area contributed by atoms with Crippen molar-refractivity contribution in [2.24, 2.45) is 5.92 Å². The molecule has 3 unspecified atom stereocenters. The summed E-state index contributed by atoms with van der Waals surface area (Å²) in [6.07, 6.45) is 6.55. The molecule has 0 bridgehead atoms. The van der Waals surface area contributed by atoms with Crippen LogP contribution in [0, 0.1) is 5.92 Å². The Morgan fingerprint density at radius 2 is 2.30 bits per heavy atom. The van der Waals surface area contributed by atoms with Crippen molar-refractivity contribution >= 4 is 5.82 Å². The Kier molecular flexibility index (Phi) is 4.66. The number of nitrogens with two attached hydrogens (primary N) is 1. The van der Waals surface area contributed by atoms with Crippen molar-refractivity contribution in [3.05, 3.63) is 23.9 Å². The van der Waals surface area contributed by atoms with E-state index in [1.165, 1.54) is 12.8 Å². The van der Waals surface area contributed by atoms with Crippen molar-refractivity contribution in [1.29, 1.82) is 0 Å². The molecule has 0 aliphatic heterocycles. The fraction of sp³-hybridized carbons (Fsp3) is 0.688. The molecule has 1 heterocycles. The van der Waals surface area contributed by atoms with E-state index >= 15 is 0 Å². The van der Waals surface area contributed by atoms with Gasteiger partial charge in [0.15, 0.2) is 0 Å². The minimum Gasteiger partial charge on any atom is -0.391 e. The summed E-state index contributed by atoms with van der Waals surface area (Å²) >= 11 is 0. The molecule has 1 aliphatic carbocycles. The molecule has 4 nitrogen and oxygen atoms in total. The van der Waals surface area contributed by atoms with E-state index in [-0.39, 0.29) is 11.6 Å². The Morgan fingerprint density at radius 1 is 1.55 bits per heavy atom. The molecule has 0 saturated heterocycles. The zero-order valence-electron chi connectivity index (χ0n) is 12.8. The minimum absolute atomic E-state index is 0.115. The molecule has 3 atom stereocenters. The van der Waals surface area contributed by atoms with Gasteiger partial charge in [-0.25, -0.2) is 4.98 Å². The fourth-order valence-corrected chi connectivity index (χ4v) is 3.61. The van der Waals surface area contributed by atoms with Gasteiger partial charge in [0.05, 0.1) is 6.10 Å². The highest BCUT2D eigenvalue weighted by atomic mass is 16.3. The number of anilines is 1. The summed E-state index contributed by atoms with van der Waals surface area (Å²) in [4.78, 5) is 6.23. The number of hydrogen-bond donors (Lipinski definition) is 2. The number of aromatic nitrogens is 1. The lowest BCUT2D eigenvalue weighted by molar-refractivity contribution is -0.0424. The van der Waals surface area contributed by atoms with Gasteiger partial charge in [-0.15, -0.1) is 0 Å². The maximum absolute atomic E-state index is 10.9. The summed E-state index contributed by atoms with van der Waals surface area (Å²) in [5, 5.41) is 10.9. The van der Waals surface area contributed by atoms with Gasteiger partial charge in [-0.2, -0.15) is 0 Å². The molecule has 0 aromatic carbocycles. The van der Waals surface area contributed by atoms with Gasteiger partial charge in [-0.3, -0.25) is 0 Å². The zero-order valence-corrected chi connectivity index (χ0v) is 12.8. The van der Waals surface area contributed by atoms with Gasteiger partial charge in [0.2, 0.25) is 0 Å². The highest BCUT2D eigenvalue weighted by Crippen LogP contribution is 2.39. The Bertz CT molecular complexity index is 449. The first-order valence-electron chi connectivity index (χ1n) is 7.50. The molecule has 3 N–H and O–H groups in total. The van der Waals surface area contributed by atoms with E-state index in [9.17, 15) is 5.11 Å². The van der Waals surface area contributed by atoms with Gasteiger partial charge in [0, 0.05) is 18.2 Å². The molecule has 1 aliphatic rings. The van der Waals surface area contributed by atoms with Crippen molar-refractivity contribution < 1.29 is 5.11 Å². The van der Waals surface area contributed by atoms with Crippen LogP contribution in [0.1, 0.15) is 38.2 Å². The monoisotopic (exact) mass is 277 g/mol. The first kappa shape index (κ1) is 15.3. The smallest absolute Gasteiger partial charge is 0.123 e. The van der Waals surface area contributed by atoms with Gasteiger partial charge in [-0.1, -0.05) is 19.8 Å². The van der Waals surface area contributed by atoms with Crippen molar-refractivity contribution in [3.8, 4) is 0 Å². The van der Waals surface area contributed by atoms with Crippen LogP contribution in [0.5, 0.6) is 0 Å². The van der Waals surface area contributed by atoms with E-state index in [2.05, 4.69) is 30.9 Å². The Balaban J connectivity index is 2.17. The summed E-state index contributed by atoms with van der Waals surface area (Å²) < 4.78 is 0. The molecule has 112 valence electrons. The van der Waals surface area contributed by atoms with E-state index in [0.717, 1.165) is 18.4 Å². The molecule has 2 rings (SSSR count). The lowest BCUT2D eigenvalue weighted by Gasteiger charge is -2.48. The Morgan fingerprint density at radius 3 is 2.90 bits per heavy atom. The summed E-state index contributed by atoms with van der Waals surface area (Å²) in [5.74, 6) is 1.19.